The fraction of sp³-hybridized carbons (Fsp3) is 0.180. The Hall–Kier alpha value is -6.64. The molecule has 9 aromatic carbocycles. The van der Waals surface area contributed by atoms with Crippen LogP contribution >= 0.6 is 0 Å². The lowest BCUT2D eigenvalue weighted by Crippen LogP contribution is -2.49. The van der Waals surface area contributed by atoms with Crippen molar-refractivity contribution in [3.63, 3.8) is 0 Å². The van der Waals surface area contributed by atoms with Crippen LogP contribution in [0.1, 0.15) is 48.8 Å². The average Bonchev–Trinajstić information content (AvgIpc) is 3.72. The second-order valence-corrected chi connectivity index (χ2v) is 19.1. The molecule has 0 nitrogen and oxygen atoms in total. The molecule has 2 heteroatoms. The topological polar surface area (TPSA) is 0 Å². The van der Waals surface area contributed by atoms with Crippen molar-refractivity contribution in [2.24, 2.45) is 23.7 Å². The molecule has 63 heavy (non-hydrogen) atoms. The highest BCUT2D eigenvalue weighted by molar-refractivity contribution is 6.21. The van der Waals surface area contributed by atoms with Crippen molar-refractivity contribution in [3.8, 4) is 66.8 Å². The molecule has 3 fully saturated rings. The predicted molar refractivity (Wildman–Crippen MR) is 257 cm³/mol. The SMILES string of the molecule is Cc1ccc(-c2c3ccccc3c(-c3ccc(-c4cccc(-c5ccc(-c6cc(F)cc7c6-c6ccc(F)cc6C76C7CCC8CC(C7)CC86)cc5)c4)cc3)c3ccccc23)cc1. The van der Waals surface area contributed by atoms with Gasteiger partial charge in [-0.25, -0.2) is 8.78 Å². The zero-order valence-corrected chi connectivity index (χ0v) is 35.3. The summed E-state index contributed by atoms with van der Waals surface area (Å²) in [5.74, 6) is 1.89. The molecule has 5 atom stereocenters. The van der Waals surface area contributed by atoms with Crippen LogP contribution < -0.4 is 0 Å². The zero-order valence-electron chi connectivity index (χ0n) is 35.3. The van der Waals surface area contributed by atoms with Crippen molar-refractivity contribution in [3.05, 3.63) is 204 Å². The van der Waals surface area contributed by atoms with Gasteiger partial charge in [-0.2, -0.15) is 0 Å². The van der Waals surface area contributed by atoms with E-state index in [1.54, 1.807) is 12.1 Å². The van der Waals surface area contributed by atoms with Crippen LogP contribution in [0.4, 0.5) is 8.78 Å². The molecule has 0 aromatic heterocycles. The molecule has 0 heterocycles. The standard InChI is InChI=1S/C61H46F2/c1-36-13-15-41(16-14-36)58-49-9-2-4-11-51(49)59(52-12-5-3-10-50(52)58)42-23-19-39(20-24-42)44-8-6-7-43(32-44)38-17-21-40(22-18-38)54-33-48(63)35-57-60(54)53-28-27-47(62)34-56(53)61(57)46-26-25-45-29-37(30-46)31-55(45)61/h2-24,27-28,32-35,37,45-46,55H,25-26,29-31H2,1H3. The Morgan fingerprint density at radius 1 is 0.413 bits per heavy atom. The van der Waals surface area contributed by atoms with Gasteiger partial charge in [0.25, 0.3) is 0 Å². The molecule has 4 aliphatic carbocycles. The van der Waals surface area contributed by atoms with Gasteiger partial charge in [0.05, 0.1) is 0 Å². The number of hydrogen-bond donors (Lipinski definition) is 0. The Balaban J connectivity index is 0.851. The van der Waals surface area contributed by atoms with Crippen molar-refractivity contribution < 1.29 is 8.78 Å². The highest BCUT2D eigenvalue weighted by Gasteiger charge is 2.63. The number of aryl methyl sites for hydroxylation is 1. The molecule has 4 aliphatic rings. The van der Waals surface area contributed by atoms with E-state index in [2.05, 4.69) is 153 Å². The van der Waals surface area contributed by atoms with Crippen molar-refractivity contribution in [2.75, 3.05) is 0 Å². The molecule has 0 radical (unpaired) electrons. The van der Waals surface area contributed by atoms with Crippen LogP contribution in [0.15, 0.2) is 176 Å². The maximum atomic E-state index is 16.1. The minimum absolute atomic E-state index is 0.187. The summed E-state index contributed by atoms with van der Waals surface area (Å²) in [6.45, 7) is 2.14. The molecular formula is C61H46F2. The summed E-state index contributed by atoms with van der Waals surface area (Å²) in [5.41, 5.74) is 16.8. The van der Waals surface area contributed by atoms with Gasteiger partial charge in [0.2, 0.25) is 0 Å². The van der Waals surface area contributed by atoms with Crippen LogP contribution in [-0.4, -0.2) is 0 Å². The summed E-state index contributed by atoms with van der Waals surface area (Å²) >= 11 is 0. The van der Waals surface area contributed by atoms with Crippen molar-refractivity contribution in [2.45, 2.75) is 44.4 Å². The molecule has 0 aliphatic heterocycles. The third kappa shape index (κ3) is 5.50. The first-order valence-corrected chi connectivity index (χ1v) is 22.9. The summed E-state index contributed by atoms with van der Waals surface area (Å²) in [7, 11) is 0. The minimum atomic E-state index is -0.300. The summed E-state index contributed by atoms with van der Waals surface area (Å²) in [6.07, 6.45) is 6.02. The molecule has 1 spiro atoms. The second kappa shape index (κ2) is 13.9. The Kier molecular flexibility index (Phi) is 8.17. The summed E-state index contributed by atoms with van der Waals surface area (Å²) in [4.78, 5) is 0. The molecule has 5 unspecified atom stereocenters. The van der Waals surface area contributed by atoms with Crippen LogP contribution in [0.2, 0.25) is 0 Å². The Labute approximate surface area is 367 Å². The van der Waals surface area contributed by atoms with E-state index < -0.39 is 0 Å². The second-order valence-electron chi connectivity index (χ2n) is 19.1. The highest BCUT2D eigenvalue weighted by atomic mass is 19.1. The van der Waals surface area contributed by atoms with Crippen LogP contribution in [0.25, 0.3) is 88.3 Å². The molecule has 3 saturated carbocycles. The van der Waals surface area contributed by atoms with Gasteiger partial charge < -0.3 is 0 Å². The number of fused-ring (bicyclic) bond motifs is 6. The fourth-order valence-electron chi connectivity index (χ4n) is 13.5. The van der Waals surface area contributed by atoms with E-state index in [0.29, 0.717) is 17.8 Å². The normalized spacial score (nSPS) is 21.6. The van der Waals surface area contributed by atoms with Crippen LogP contribution in [-0.2, 0) is 5.41 Å². The van der Waals surface area contributed by atoms with E-state index in [1.165, 1.54) is 75.0 Å². The number of rotatable bonds is 5. The third-order valence-electron chi connectivity index (χ3n) is 15.9. The molecule has 0 saturated heterocycles. The maximum absolute atomic E-state index is 16.1. The van der Waals surface area contributed by atoms with E-state index in [-0.39, 0.29) is 17.0 Å². The van der Waals surface area contributed by atoms with E-state index in [0.717, 1.165) is 68.0 Å². The molecule has 13 rings (SSSR count). The van der Waals surface area contributed by atoms with E-state index in [1.807, 2.05) is 18.2 Å². The van der Waals surface area contributed by atoms with Gasteiger partial charge in [0, 0.05) is 5.41 Å². The fourth-order valence-corrected chi connectivity index (χ4v) is 13.5. The van der Waals surface area contributed by atoms with Crippen LogP contribution in [0, 0.1) is 42.2 Å². The lowest BCUT2D eigenvalue weighted by molar-refractivity contribution is 0.0764. The van der Waals surface area contributed by atoms with Gasteiger partial charge in [-0.1, -0.05) is 151 Å². The van der Waals surface area contributed by atoms with Crippen molar-refractivity contribution in [1.29, 1.82) is 0 Å². The lowest BCUT2D eigenvalue weighted by atomic mass is 9.50. The van der Waals surface area contributed by atoms with Gasteiger partial charge in [0.15, 0.2) is 0 Å². The highest BCUT2D eigenvalue weighted by Crippen LogP contribution is 2.71. The largest absolute Gasteiger partial charge is 0.207 e. The Morgan fingerprint density at radius 3 is 1.59 bits per heavy atom. The first-order chi connectivity index (χ1) is 30.9. The monoisotopic (exact) mass is 816 g/mol. The van der Waals surface area contributed by atoms with Gasteiger partial charge >= 0.3 is 0 Å². The first kappa shape index (κ1) is 37.0. The summed E-state index contributed by atoms with van der Waals surface area (Å²) in [5, 5.41) is 5.01. The van der Waals surface area contributed by atoms with Gasteiger partial charge in [-0.3, -0.25) is 0 Å². The van der Waals surface area contributed by atoms with E-state index in [4.69, 9.17) is 0 Å². The number of hydrogen-bond acceptors (Lipinski definition) is 0. The smallest absolute Gasteiger partial charge is 0.124 e. The van der Waals surface area contributed by atoms with E-state index in [9.17, 15) is 0 Å². The van der Waals surface area contributed by atoms with Gasteiger partial charge in [-0.05, 0) is 192 Å². The molecule has 304 valence electrons. The lowest BCUT2D eigenvalue weighted by Gasteiger charge is -2.52. The predicted octanol–water partition coefficient (Wildman–Crippen LogP) is 16.6. The maximum Gasteiger partial charge on any atom is 0.124 e. The number of halogens is 2. The first-order valence-electron chi connectivity index (χ1n) is 22.9. The zero-order chi connectivity index (χ0) is 42.0. The number of benzene rings is 9. The van der Waals surface area contributed by atoms with Gasteiger partial charge in [0.1, 0.15) is 11.6 Å². The molecular weight excluding hydrogens is 771 g/mol. The minimum Gasteiger partial charge on any atom is -0.207 e. The Bertz CT molecular complexity index is 3250. The Morgan fingerprint density at radius 2 is 0.968 bits per heavy atom. The van der Waals surface area contributed by atoms with Crippen LogP contribution in [0.5, 0.6) is 0 Å². The summed E-state index contributed by atoms with van der Waals surface area (Å²) < 4.78 is 31.3. The van der Waals surface area contributed by atoms with Gasteiger partial charge in [-0.15, -0.1) is 0 Å². The molecule has 0 N–H and O–H groups in total. The quantitative estimate of drug-likeness (QED) is 0.152. The summed E-state index contributed by atoms with van der Waals surface area (Å²) in [6, 6.07) is 61.9. The van der Waals surface area contributed by atoms with Crippen molar-refractivity contribution >= 4 is 21.5 Å². The van der Waals surface area contributed by atoms with Crippen LogP contribution in [0.3, 0.4) is 0 Å². The third-order valence-corrected chi connectivity index (χ3v) is 15.9. The average molecular weight is 817 g/mol. The molecule has 0 amide bonds. The van der Waals surface area contributed by atoms with Crippen molar-refractivity contribution in [1.82, 2.24) is 0 Å². The molecule has 3 bridgehead atoms. The molecule has 9 aromatic rings. The van der Waals surface area contributed by atoms with E-state index >= 15 is 8.78 Å².